The highest BCUT2D eigenvalue weighted by molar-refractivity contribution is 7.27. The minimum Gasteiger partial charge on any atom is -0.493 e. The number of rotatable bonds is 9. The number of allylic oxidation sites excluding steroid dienone is 2. The van der Waals surface area contributed by atoms with Gasteiger partial charge in [0.25, 0.3) is 7.41 Å². The molecule has 177 valence electrons. The Bertz CT molecular complexity index is 1010. The average Bonchev–Trinajstić information content (AvgIpc) is 2.77. The molecule has 0 aliphatic rings. The van der Waals surface area contributed by atoms with E-state index in [4.69, 9.17) is 14.4 Å². The van der Waals surface area contributed by atoms with Gasteiger partial charge in [0.1, 0.15) is 5.82 Å². The van der Waals surface area contributed by atoms with Gasteiger partial charge in [0.2, 0.25) is 0 Å². The van der Waals surface area contributed by atoms with Crippen molar-refractivity contribution < 1.29 is 13.9 Å². The lowest BCUT2D eigenvalue weighted by atomic mass is 9.84. The van der Waals surface area contributed by atoms with E-state index in [1.54, 1.807) is 20.3 Å². The number of nitrogens with one attached hydrogen (secondary N) is 1. The van der Waals surface area contributed by atoms with Gasteiger partial charge >= 0.3 is 0 Å². The number of halogens is 1. The summed E-state index contributed by atoms with van der Waals surface area (Å²) in [4.78, 5) is 6.73. The maximum Gasteiger partial charge on any atom is 0.284 e. The SMILES string of the molecule is CC/C(C)=C(\C)C[B]N=C(Nc1cc(OC)c(OC)cc1C)N(C)Cc1cc(F)cc(P)c1. The number of hydrogen-bond acceptors (Lipinski definition) is 3. The van der Waals surface area contributed by atoms with Crippen molar-refractivity contribution in [2.75, 3.05) is 26.6 Å². The number of guanidine groups is 1. The molecule has 1 unspecified atom stereocenters. The van der Waals surface area contributed by atoms with E-state index in [2.05, 4.69) is 35.3 Å². The fraction of sp³-hybridized carbons (Fsp3) is 0.400. The Morgan fingerprint density at radius 1 is 1.09 bits per heavy atom. The molecular formula is C25H35BFN3O2P. The van der Waals surface area contributed by atoms with Gasteiger partial charge in [-0.25, -0.2) is 4.39 Å². The van der Waals surface area contributed by atoms with Crippen molar-refractivity contribution in [1.82, 2.24) is 4.90 Å². The minimum absolute atomic E-state index is 0.254. The smallest absolute Gasteiger partial charge is 0.284 e. The fourth-order valence-corrected chi connectivity index (χ4v) is 3.70. The van der Waals surface area contributed by atoms with Gasteiger partial charge < -0.3 is 24.6 Å². The third kappa shape index (κ3) is 7.78. The second kappa shape index (κ2) is 12.6. The molecule has 0 saturated carbocycles. The third-order valence-electron chi connectivity index (χ3n) is 5.61. The van der Waals surface area contributed by atoms with Crippen LogP contribution in [0, 0.1) is 12.7 Å². The van der Waals surface area contributed by atoms with Crippen molar-refractivity contribution >= 4 is 33.6 Å². The van der Waals surface area contributed by atoms with Crippen LogP contribution < -0.4 is 20.1 Å². The Labute approximate surface area is 200 Å². The van der Waals surface area contributed by atoms with Crippen molar-refractivity contribution in [2.45, 2.75) is 47.0 Å². The molecule has 0 saturated heterocycles. The second-order valence-corrected chi connectivity index (χ2v) is 8.82. The quantitative estimate of drug-likeness (QED) is 0.177. The Kier molecular flexibility index (Phi) is 10.2. The second-order valence-electron chi connectivity index (χ2n) is 8.15. The van der Waals surface area contributed by atoms with Crippen LogP contribution in [0.5, 0.6) is 11.5 Å². The number of ether oxygens (including phenoxy) is 2. The van der Waals surface area contributed by atoms with E-state index in [1.165, 1.54) is 17.2 Å². The molecule has 2 aromatic rings. The molecule has 0 fully saturated rings. The summed E-state index contributed by atoms with van der Waals surface area (Å²) in [5, 5.41) is 4.24. The van der Waals surface area contributed by atoms with Crippen LogP contribution >= 0.6 is 9.24 Å². The van der Waals surface area contributed by atoms with Gasteiger partial charge in [-0.2, -0.15) is 0 Å². The lowest BCUT2D eigenvalue weighted by Crippen LogP contribution is -2.33. The number of hydrogen-bond donors (Lipinski definition) is 1. The molecule has 1 atom stereocenters. The molecule has 2 aromatic carbocycles. The zero-order valence-electron chi connectivity index (χ0n) is 20.8. The number of aryl methyl sites for hydroxylation is 1. The third-order valence-corrected chi connectivity index (χ3v) is 5.94. The molecule has 0 aromatic heterocycles. The van der Waals surface area contributed by atoms with Crippen molar-refractivity contribution in [2.24, 2.45) is 4.90 Å². The van der Waals surface area contributed by atoms with E-state index in [1.807, 2.05) is 44.5 Å². The van der Waals surface area contributed by atoms with Gasteiger partial charge in [0.15, 0.2) is 17.5 Å². The van der Waals surface area contributed by atoms with Crippen LogP contribution in [-0.4, -0.2) is 39.5 Å². The van der Waals surface area contributed by atoms with E-state index >= 15 is 0 Å². The standard InChI is InChI=1S/C25H35BFN3O2P/c1-8-16(2)18(4)14-26-29-25(30(5)15-19-10-20(27)12-21(33)11-19)28-22-13-24(32-7)23(31-6)9-17(22)3/h9-13H,8,14-15,33H2,1-7H3,(H,28,29)/b18-16+. The van der Waals surface area contributed by atoms with Gasteiger partial charge in [-0.3, -0.25) is 0 Å². The summed E-state index contributed by atoms with van der Waals surface area (Å²) in [5.74, 6) is 1.70. The number of benzene rings is 2. The molecule has 2 rings (SSSR count). The molecule has 1 N–H and O–H groups in total. The molecule has 1 radical (unpaired) electrons. The van der Waals surface area contributed by atoms with E-state index in [9.17, 15) is 4.39 Å². The highest BCUT2D eigenvalue weighted by Crippen LogP contribution is 2.33. The lowest BCUT2D eigenvalue weighted by molar-refractivity contribution is 0.355. The molecule has 0 heterocycles. The van der Waals surface area contributed by atoms with Gasteiger partial charge in [-0.1, -0.05) is 18.1 Å². The first-order valence-corrected chi connectivity index (χ1v) is 11.6. The summed E-state index contributed by atoms with van der Waals surface area (Å²) in [5.41, 5.74) is 5.38. The molecule has 0 aliphatic heterocycles. The highest BCUT2D eigenvalue weighted by atomic mass is 31.0. The maximum atomic E-state index is 13.9. The summed E-state index contributed by atoms with van der Waals surface area (Å²) in [6, 6.07) is 8.81. The molecule has 33 heavy (non-hydrogen) atoms. The predicted octanol–water partition coefficient (Wildman–Crippen LogP) is 5.34. The lowest BCUT2D eigenvalue weighted by Gasteiger charge is -2.24. The van der Waals surface area contributed by atoms with Crippen LogP contribution in [0.15, 0.2) is 46.4 Å². The molecular weight excluding hydrogens is 435 g/mol. The Balaban J connectivity index is 2.34. The summed E-state index contributed by atoms with van der Waals surface area (Å²) in [6.07, 6.45) is 1.79. The van der Waals surface area contributed by atoms with E-state index < -0.39 is 0 Å². The van der Waals surface area contributed by atoms with Crippen molar-refractivity contribution in [1.29, 1.82) is 0 Å². The van der Waals surface area contributed by atoms with E-state index in [0.29, 0.717) is 24.0 Å². The molecule has 0 amide bonds. The van der Waals surface area contributed by atoms with Crippen molar-refractivity contribution in [3.8, 4) is 11.5 Å². The van der Waals surface area contributed by atoms with Crippen LogP contribution in [0.1, 0.15) is 38.3 Å². The Morgan fingerprint density at radius 2 is 1.76 bits per heavy atom. The van der Waals surface area contributed by atoms with Gasteiger partial charge in [-0.15, -0.1) is 9.24 Å². The van der Waals surface area contributed by atoms with Gasteiger partial charge in [0, 0.05) is 25.3 Å². The van der Waals surface area contributed by atoms with Crippen molar-refractivity contribution in [3.05, 3.63) is 58.4 Å². The van der Waals surface area contributed by atoms with Gasteiger partial charge in [0.05, 0.1) is 14.2 Å². The van der Waals surface area contributed by atoms with Gasteiger partial charge in [-0.05, 0) is 74.2 Å². The minimum atomic E-state index is -0.254. The maximum absolute atomic E-state index is 13.9. The summed E-state index contributed by atoms with van der Waals surface area (Å²) >= 11 is 0. The zero-order chi connectivity index (χ0) is 24.5. The van der Waals surface area contributed by atoms with Crippen LogP contribution in [0.4, 0.5) is 10.1 Å². The fourth-order valence-electron chi connectivity index (χ4n) is 3.32. The number of methoxy groups -OCH3 is 2. The summed E-state index contributed by atoms with van der Waals surface area (Å²) < 4.78 is 24.8. The Morgan fingerprint density at radius 3 is 2.36 bits per heavy atom. The predicted molar refractivity (Wildman–Crippen MR) is 142 cm³/mol. The topological polar surface area (TPSA) is 46.1 Å². The number of anilines is 1. The Hall–Kier alpha value is -2.53. The van der Waals surface area contributed by atoms with Crippen molar-refractivity contribution in [3.63, 3.8) is 0 Å². The normalized spacial score (nSPS) is 12.2. The molecule has 0 bridgehead atoms. The largest absolute Gasteiger partial charge is 0.493 e. The van der Waals surface area contributed by atoms with E-state index in [-0.39, 0.29) is 5.82 Å². The molecule has 0 spiro atoms. The van der Waals surface area contributed by atoms with Crippen LogP contribution in [0.3, 0.4) is 0 Å². The first-order chi connectivity index (χ1) is 15.7. The first kappa shape index (κ1) is 26.7. The molecule has 5 nitrogen and oxygen atoms in total. The molecule has 8 heteroatoms. The summed E-state index contributed by atoms with van der Waals surface area (Å²) in [6.45, 7) is 8.93. The van der Waals surface area contributed by atoms with E-state index in [0.717, 1.165) is 34.9 Å². The average molecular weight is 470 g/mol. The molecule has 0 aliphatic carbocycles. The number of nitrogens with zero attached hydrogens (tertiary/aromatic N) is 2. The van der Waals surface area contributed by atoms with Crippen LogP contribution in [-0.2, 0) is 6.54 Å². The summed E-state index contributed by atoms with van der Waals surface area (Å²) in [7, 11) is 9.63. The first-order valence-electron chi connectivity index (χ1n) is 11.0. The highest BCUT2D eigenvalue weighted by Gasteiger charge is 2.14. The van der Waals surface area contributed by atoms with Crippen LogP contribution in [0.25, 0.3) is 0 Å². The van der Waals surface area contributed by atoms with Crippen LogP contribution in [0.2, 0.25) is 6.32 Å². The zero-order valence-corrected chi connectivity index (χ0v) is 21.9. The monoisotopic (exact) mass is 470 g/mol.